The Bertz CT molecular complexity index is 214. The average molecular weight is 155 g/mol. The Morgan fingerprint density at radius 2 is 2.18 bits per heavy atom. The quantitative estimate of drug-likeness (QED) is 0.262. The minimum Gasteiger partial charge on any atom is -0.480 e. The monoisotopic (exact) mass is 155 g/mol. The molecule has 0 heterocycles. The molecule has 0 aliphatic carbocycles. The molecule has 0 aromatic rings. The predicted octanol–water partition coefficient (Wildman–Crippen LogP) is -0.0411. The molecule has 0 rings (SSSR count). The van der Waals surface area contributed by atoms with E-state index in [1.54, 1.807) is 6.07 Å². The van der Waals surface area contributed by atoms with Gasteiger partial charge in [0.05, 0.1) is 26.4 Å². The fourth-order valence-electron chi connectivity index (χ4n) is 0.346. The molecule has 0 aliphatic rings. The lowest BCUT2D eigenvalue weighted by Crippen LogP contribution is -2.13. The van der Waals surface area contributed by atoms with Gasteiger partial charge in [0, 0.05) is 0 Å². The van der Waals surface area contributed by atoms with E-state index in [0.29, 0.717) is 0 Å². The van der Waals surface area contributed by atoms with Gasteiger partial charge in [0.1, 0.15) is 0 Å². The summed E-state index contributed by atoms with van der Waals surface area (Å²) in [6.45, 7) is 0. The molecule has 0 unspecified atom stereocenters. The standard InChI is InChI=1S/C6H9N3O2/c1-10-5(3-4-7)9-6(8)11-2/h3H,1-2H3,(H2,8,9). The average Bonchev–Trinajstić information content (AvgIpc) is 2.03. The van der Waals surface area contributed by atoms with Gasteiger partial charge in [-0.2, -0.15) is 10.3 Å². The van der Waals surface area contributed by atoms with E-state index in [1.165, 1.54) is 14.2 Å². The highest BCUT2D eigenvalue weighted by molar-refractivity contribution is 5.72. The molecule has 0 aliphatic heterocycles. The fraction of sp³-hybridized carbons (Fsp3) is 0.333. The Morgan fingerprint density at radius 1 is 1.55 bits per heavy atom. The van der Waals surface area contributed by atoms with Crippen molar-refractivity contribution in [1.82, 2.24) is 0 Å². The van der Waals surface area contributed by atoms with Gasteiger partial charge in [0.2, 0.25) is 5.88 Å². The Kier molecular flexibility index (Phi) is 4.32. The number of rotatable bonds is 2. The Balaban J connectivity index is 4.32. The molecule has 0 spiro atoms. The smallest absolute Gasteiger partial charge is 0.289 e. The van der Waals surface area contributed by atoms with E-state index in [4.69, 9.17) is 11.0 Å². The number of hydrogen-bond acceptors (Lipinski definition) is 4. The lowest BCUT2D eigenvalue weighted by molar-refractivity contribution is 0.284. The minimum absolute atomic E-state index is 0.0478. The number of nitrogens with two attached hydrogens (primary N) is 1. The topological polar surface area (TPSA) is 80.6 Å². The minimum atomic E-state index is -0.0478. The molecule has 11 heavy (non-hydrogen) atoms. The predicted molar refractivity (Wildman–Crippen MR) is 39.3 cm³/mol. The van der Waals surface area contributed by atoms with E-state index >= 15 is 0 Å². The second-order valence-corrected chi connectivity index (χ2v) is 1.47. The molecule has 0 aromatic heterocycles. The third-order valence-corrected chi connectivity index (χ3v) is 0.827. The molecule has 2 N–H and O–H groups in total. The molecule has 0 fully saturated rings. The zero-order valence-electron chi connectivity index (χ0n) is 6.37. The van der Waals surface area contributed by atoms with E-state index in [2.05, 4.69) is 14.5 Å². The van der Waals surface area contributed by atoms with Crippen LogP contribution in [-0.4, -0.2) is 20.2 Å². The van der Waals surface area contributed by atoms with Crippen molar-refractivity contribution in [2.75, 3.05) is 14.2 Å². The maximum atomic E-state index is 8.20. The molecule has 5 heteroatoms. The Hall–Kier alpha value is -1.70. The first-order valence-electron chi connectivity index (χ1n) is 2.76. The summed E-state index contributed by atoms with van der Waals surface area (Å²) in [5, 5.41) is 8.20. The van der Waals surface area contributed by atoms with Crippen LogP contribution in [0.1, 0.15) is 0 Å². The summed E-state index contributed by atoms with van der Waals surface area (Å²) < 4.78 is 9.18. The van der Waals surface area contributed by atoms with E-state index in [0.717, 1.165) is 6.08 Å². The van der Waals surface area contributed by atoms with Gasteiger partial charge in [0.25, 0.3) is 6.02 Å². The largest absolute Gasteiger partial charge is 0.480 e. The zero-order valence-corrected chi connectivity index (χ0v) is 6.37. The highest BCUT2D eigenvalue weighted by Crippen LogP contribution is 1.95. The van der Waals surface area contributed by atoms with E-state index < -0.39 is 0 Å². The van der Waals surface area contributed by atoms with Crippen LogP contribution >= 0.6 is 0 Å². The van der Waals surface area contributed by atoms with Crippen LogP contribution < -0.4 is 5.73 Å². The molecule has 0 bridgehead atoms. The SMILES string of the molecule is COC(=CC#N)N=C(N)OC. The van der Waals surface area contributed by atoms with Crippen LogP contribution in [0.2, 0.25) is 0 Å². The first-order valence-corrected chi connectivity index (χ1v) is 2.76. The highest BCUT2D eigenvalue weighted by Gasteiger charge is 1.93. The van der Waals surface area contributed by atoms with E-state index in [9.17, 15) is 0 Å². The van der Waals surface area contributed by atoms with Crippen LogP contribution in [0.3, 0.4) is 0 Å². The lowest BCUT2D eigenvalue weighted by Gasteiger charge is -1.98. The second kappa shape index (κ2) is 5.11. The van der Waals surface area contributed by atoms with Gasteiger partial charge in [0.15, 0.2) is 0 Å². The van der Waals surface area contributed by atoms with Crippen LogP contribution in [0.15, 0.2) is 17.0 Å². The van der Waals surface area contributed by atoms with Crippen molar-refractivity contribution in [2.45, 2.75) is 0 Å². The van der Waals surface area contributed by atoms with Crippen LogP contribution in [0, 0.1) is 11.3 Å². The van der Waals surface area contributed by atoms with Crippen molar-refractivity contribution in [3.05, 3.63) is 12.0 Å². The molecule has 0 saturated carbocycles. The zero-order chi connectivity index (χ0) is 8.69. The van der Waals surface area contributed by atoms with Gasteiger partial charge >= 0.3 is 0 Å². The summed E-state index contributed by atoms with van der Waals surface area (Å²) in [5.74, 6) is 0.117. The molecule has 60 valence electrons. The maximum absolute atomic E-state index is 8.20. The van der Waals surface area contributed by atoms with Crippen molar-refractivity contribution >= 4 is 6.02 Å². The highest BCUT2D eigenvalue weighted by atomic mass is 16.5. The molecule has 0 amide bonds. The normalized spacial score (nSPS) is 12.1. The Morgan fingerprint density at radius 3 is 2.55 bits per heavy atom. The summed E-state index contributed by atoms with van der Waals surface area (Å²) in [5.41, 5.74) is 5.18. The van der Waals surface area contributed by atoms with Gasteiger partial charge in [-0.1, -0.05) is 0 Å². The van der Waals surface area contributed by atoms with Gasteiger partial charge in [-0.3, -0.25) is 0 Å². The van der Waals surface area contributed by atoms with E-state index in [1.807, 2.05) is 0 Å². The number of nitrogens with zero attached hydrogens (tertiary/aromatic N) is 2. The van der Waals surface area contributed by atoms with E-state index in [-0.39, 0.29) is 11.9 Å². The first-order chi connectivity index (χ1) is 5.24. The molecule has 0 radical (unpaired) electrons. The van der Waals surface area contributed by atoms with Crippen LogP contribution in [0.25, 0.3) is 0 Å². The molecular formula is C6H9N3O2. The number of hydrogen-bond donors (Lipinski definition) is 1. The summed E-state index contributed by atoms with van der Waals surface area (Å²) in [6, 6.07) is 1.70. The molecule has 5 nitrogen and oxygen atoms in total. The summed E-state index contributed by atoms with van der Waals surface area (Å²) in [7, 11) is 2.76. The summed E-state index contributed by atoms with van der Waals surface area (Å²) in [4.78, 5) is 3.59. The fourth-order valence-corrected chi connectivity index (χ4v) is 0.346. The number of allylic oxidation sites excluding steroid dienone is 1. The number of ether oxygens (including phenoxy) is 2. The number of amidine groups is 1. The summed E-state index contributed by atoms with van der Waals surface area (Å²) in [6.07, 6.45) is 1.12. The number of methoxy groups -OCH3 is 2. The van der Waals surface area contributed by atoms with Crippen molar-refractivity contribution in [2.24, 2.45) is 10.7 Å². The number of nitriles is 1. The van der Waals surface area contributed by atoms with Gasteiger partial charge in [-0.05, 0) is 0 Å². The third kappa shape index (κ3) is 3.81. The number of aliphatic imine (C=N–C) groups is 1. The van der Waals surface area contributed by atoms with Crippen molar-refractivity contribution in [3.63, 3.8) is 0 Å². The van der Waals surface area contributed by atoms with Crippen LogP contribution in [-0.2, 0) is 9.47 Å². The third-order valence-electron chi connectivity index (χ3n) is 0.827. The van der Waals surface area contributed by atoms with Gasteiger partial charge in [-0.15, -0.1) is 0 Å². The molecule has 0 aromatic carbocycles. The van der Waals surface area contributed by atoms with Crippen LogP contribution in [0.4, 0.5) is 0 Å². The first kappa shape index (κ1) is 9.30. The summed E-state index contributed by atoms with van der Waals surface area (Å²) >= 11 is 0. The second-order valence-electron chi connectivity index (χ2n) is 1.47. The van der Waals surface area contributed by atoms with Crippen LogP contribution in [0.5, 0.6) is 0 Å². The van der Waals surface area contributed by atoms with Gasteiger partial charge < -0.3 is 15.2 Å². The molecule has 0 atom stereocenters. The van der Waals surface area contributed by atoms with Crippen molar-refractivity contribution in [1.29, 1.82) is 5.26 Å². The van der Waals surface area contributed by atoms with Crippen molar-refractivity contribution in [3.8, 4) is 6.07 Å². The molecule has 0 saturated heterocycles. The Labute approximate surface area is 64.7 Å². The van der Waals surface area contributed by atoms with Gasteiger partial charge in [-0.25, -0.2) is 0 Å². The van der Waals surface area contributed by atoms with Crippen molar-refractivity contribution < 1.29 is 9.47 Å². The lowest BCUT2D eigenvalue weighted by atomic mass is 10.6. The maximum Gasteiger partial charge on any atom is 0.289 e. The molecular weight excluding hydrogens is 146 g/mol.